The third-order valence-corrected chi connectivity index (χ3v) is 7.01. The lowest BCUT2D eigenvalue weighted by molar-refractivity contribution is 0.282. The monoisotopic (exact) mass is 418 g/mol. The van der Waals surface area contributed by atoms with Crippen LogP contribution in [0.3, 0.4) is 0 Å². The van der Waals surface area contributed by atoms with Gasteiger partial charge in [-0.05, 0) is 58.5 Å². The van der Waals surface area contributed by atoms with E-state index in [2.05, 4.69) is 31.0 Å². The predicted molar refractivity (Wildman–Crippen MR) is 122 cm³/mol. The minimum atomic E-state index is 0.136. The van der Waals surface area contributed by atoms with Crippen molar-refractivity contribution >= 4 is 23.0 Å². The van der Waals surface area contributed by atoms with Gasteiger partial charge >= 0.3 is 0 Å². The number of hydrogen-bond donors (Lipinski definition) is 3. The van der Waals surface area contributed by atoms with Crippen molar-refractivity contribution in [2.75, 3.05) is 19.6 Å². The van der Waals surface area contributed by atoms with Crippen LogP contribution in [0.4, 0.5) is 0 Å². The zero-order valence-electron chi connectivity index (χ0n) is 18.4. The van der Waals surface area contributed by atoms with Crippen LogP contribution < -0.4 is 5.32 Å². The van der Waals surface area contributed by atoms with Gasteiger partial charge in [-0.2, -0.15) is 0 Å². The van der Waals surface area contributed by atoms with Crippen LogP contribution in [0.1, 0.15) is 74.4 Å². The van der Waals surface area contributed by atoms with Crippen LogP contribution in [0.15, 0.2) is 0 Å². The number of rotatable bonds is 8. The van der Waals surface area contributed by atoms with Crippen LogP contribution in [0.2, 0.25) is 0 Å². The quantitative estimate of drug-likeness (QED) is 0.336. The molecule has 0 saturated carbocycles. The summed E-state index contributed by atoms with van der Waals surface area (Å²) in [4.78, 5) is 10.7. The molecule has 0 aromatic carbocycles. The zero-order valence-corrected chi connectivity index (χ0v) is 19.2. The molecule has 2 aliphatic rings. The van der Waals surface area contributed by atoms with Crippen molar-refractivity contribution in [3.05, 3.63) is 15.6 Å². The molecule has 0 aliphatic carbocycles. The molecule has 0 bridgehead atoms. The third-order valence-electron chi connectivity index (χ3n) is 6.01. The molecule has 3 rings (SSSR count). The summed E-state index contributed by atoms with van der Waals surface area (Å²) in [5.74, 6) is 1.28. The Balaban J connectivity index is 1.58. The number of thiazole rings is 1. The summed E-state index contributed by atoms with van der Waals surface area (Å²) < 4.78 is 0. The Bertz CT molecular complexity index is 697. The summed E-state index contributed by atoms with van der Waals surface area (Å²) in [6, 6.07) is 0.673. The van der Waals surface area contributed by atoms with Crippen molar-refractivity contribution in [3.8, 4) is 0 Å². The number of aryl methyl sites for hydroxylation is 2. The van der Waals surface area contributed by atoms with Gasteiger partial charge in [-0.1, -0.05) is 20.3 Å². The van der Waals surface area contributed by atoms with E-state index in [0.29, 0.717) is 17.7 Å². The Hall–Kier alpha value is -1.31. The first-order valence-corrected chi connectivity index (χ1v) is 12.1. The lowest BCUT2D eigenvalue weighted by atomic mass is 10.1. The van der Waals surface area contributed by atoms with E-state index in [0.717, 1.165) is 71.1 Å². The average Bonchev–Trinajstić information content (AvgIpc) is 3.20. The summed E-state index contributed by atoms with van der Waals surface area (Å²) in [6.45, 7) is 10.3. The number of hydrogen-bond acceptors (Lipinski definition) is 6. The zero-order chi connectivity index (χ0) is 20.8. The molecule has 0 radical (unpaired) electrons. The van der Waals surface area contributed by atoms with Gasteiger partial charge in [-0.3, -0.25) is 15.7 Å². The second-order valence-corrected chi connectivity index (χ2v) is 10.0. The second kappa shape index (κ2) is 10.6. The van der Waals surface area contributed by atoms with Gasteiger partial charge in [-0.15, -0.1) is 11.3 Å². The summed E-state index contributed by atoms with van der Waals surface area (Å²) in [7, 11) is 0. The van der Waals surface area contributed by atoms with Gasteiger partial charge in [-0.25, -0.2) is 4.98 Å². The molecule has 1 atom stereocenters. The highest BCUT2D eigenvalue weighted by atomic mass is 32.1. The van der Waals surface area contributed by atoms with Gasteiger partial charge in [0.25, 0.3) is 0 Å². The molecule has 3 heterocycles. The number of aromatic nitrogens is 1. The number of nitrogens with zero attached hydrogens (tertiary/aromatic N) is 3. The van der Waals surface area contributed by atoms with E-state index in [1.165, 1.54) is 22.0 Å². The highest BCUT2D eigenvalue weighted by Crippen LogP contribution is 2.26. The highest BCUT2D eigenvalue weighted by Gasteiger charge is 2.33. The molecule has 6 nitrogen and oxygen atoms in total. The molecule has 1 aromatic heterocycles. The Morgan fingerprint density at radius 1 is 1.24 bits per heavy atom. The second-order valence-electron chi connectivity index (χ2n) is 8.75. The van der Waals surface area contributed by atoms with Crippen molar-refractivity contribution < 1.29 is 0 Å². The molecular weight excluding hydrogens is 380 g/mol. The molecule has 1 unspecified atom stereocenters. The Morgan fingerprint density at radius 2 is 2.07 bits per heavy atom. The fraction of sp³-hybridized carbons (Fsp3) is 0.773. The molecule has 0 amide bonds. The van der Waals surface area contributed by atoms with Gasteiger partial charge in [0.2, 0.25) is 0 Å². The SMILES string of the molecule is Cc1sc(CN2CCCC2C(=N)N2CCCCCC2=N)nc1CCCNC(C)C. The minimum absolute atomic E-state index is 0.136. The number of likely N-dealkylation sites (tertiary alicyclic amines) is 2. The summed E-state index contributed by atoms with van der Waals surface area (Å²) in [5, 5.41) is 21.8. The van der Waals surface area contributed by atoms with Gasteiger partial charge < -0.3 is 10.2 Å². The first-order chi connectivity index (χ1) is 14.0. The van der Waals surface area contributed by atoms with Crippen molar-refractivity contribution in [1.82, 2.24) is 20.1 Å². The van der Waals surface area contributed by atoms with Crippen molar-refractivity contribution in [1.29, 1.82) is 10.8 Å². The van der Waals surface area contributed by atoms with Crippen LogP contribution in [-0.4, -0.2) is 58.2 Å². The highest BCUT2D eigenvalue weighted by molar-refractivity contribution is 7.11. The minimum Gasteiger partial charge on any atom is -0.318 e. The maximum absolute atomic E-state index is 8.82. The van der Waals surface area contributed by atoms with Gasteiger partial charge in [0.1, 0.15) is 16.7 Å². The van der Waals surface area contributed by atoms with E-state index in [-0.39, 0.29) is 6.04 Å². The fourth-order valence-electron chi connectivity index (χ4n) is 4.39. The van der Waals surface area contributed by atoms with Crippen molar-refractivity contribution in [2.24, 2.45) is 0 Å². The van der Waals surface area contributed by atoms with Crippen LogP contribution >= 0.6 is 11.3 Å². The van der Waals surface area contributed by atoms with Crippen LogP contribution in [0, 0.1) is 17.7 Å². The Kier molecular flexibility index (Phi) is 8.21. The van der Waals surface area contributed by atoms with E-state index in [4.69, 9.17) is 15.8 Å². The average molecular weight is 419 g/mol. The maximum Gasteiger partial charge on any atom is 0.119 e. The Labute approximate surface area is 180 Å². The lowest BCUT2D eigenvalue weighted by Crippen LogP contribution is -2.47. The fourth-order valence-corrected chi connectivity index (χ4v) is 5.39. The number of nitrogens with one attached hydrogen (secondary N) is 3. The van der Waals surface area contributed by atoms with Gasteiger partial charge in [0.05, 0.1) is 18.3 Å². The van der Waals surface area contributed by atoms with Crippen LogP contribution in [0.5, 0.6) is 0 Å². The third kappa shape index (κ3) is 6.09. The molecule has 0 spiro atoms. The molecule has 7 heteroatoms. The van der Waals surface area contributed by atoms with Gasteiger partial charge in [0.15, 0.2) is 0 Å². The topological polar surface area (TPSA) is 79.1 Å². The molecule has 2 aliphatic heterocycles. The first kappa shape index (κ1) is 22.4. The molecule has 3 N–H and O–H groups in total. The van der Waals surface area contributed by atoms with Gasteiger partial charge in [0, 0.05) is 23.9 Å². The van der Waals surface area contributed by atoms with E-state index in [9.17, 15) is 0 Å². The van der Waals surface area contributed by atoms with Crippen LogP contribution in [0.25, 0.3) is 0 Å². The maximum atomic E-state index is 8.82. The van der Waals surface area contributed by atoms with E-state index < -0.39 is 0 Å². The molecule has 29 heavy (non-hydrogen) atoms. The van der Waals surface area contributed by atoms with E-state index in [1.807, 2.05) is 16.2 Å². The lowest BCUT2D eigenvalue weighted by Gasteiger charge is -2.31. The molecule has 162 valence electrons. The molecule has 2 fully saturated rings. The van der Waals surface area contributed by atoms with E-state index >= 15 is 0 Å². The van der Waals surface area contributed by atoms with E-state index in [1.54, 1.807) is 0 Å². The molecule has 1 aromatic rings. The van der Waals surface area contributed by atoms with Crippen molar-refractivity contribution in [3.63, 3.8) is 0 Å². The molecular formula is C22H38N6S. The smallest absolute Gasteiger partial charge is 0.119 e. The van der Waals surface area contributed by atoms with Crippen LogP contribution in [-0.2, 0) is 13.0 Å². The summed E-state index contributed by atoms with van der Waals surface area (Å²) in [5.41, 5.74) is 1.25. The Morgan fingerprint density at radius 3 is 2.86 bits per heavy atom. The standard InChI is InChI=1S/C22H38N6S/c1-16(2)25-12-7-9-18-17(3)29-21(26-18)15-27-13-8-10-19(27)22(24)28-14-6-4-5-11-20(28)23/h16,19,23-25H,4-15H2,1-3H3. The largest absolute Gasteiger partial charge is 0.318 e. The summed E-state index contributed by atoms with van der Waals surface area (Å²) in [6.07, 6.45) is 8.49. The first-order valence-electron chi connectivity index (χ1n) is 11.3. The molecule has 2 saturated heterocycles. The normalized spacial score (nSPS) is 21.2. The number of amidine groups is 2. The summed E-state index contributed by atoms with van der Waals surface area (Å²) >= 11 is 1.82. The van der Waals surface area contributed by atoms with Crippen molar-refractivity contribution in [2.45, 2.75) is 90.8 Å². The predicted octanol–water partition coefficient (Wildman–Crippen LogP) is 4.18.